The second kappa shape index (κ2) is 5.44. The summed E-state index contributed by atoms with van der Waals surface area (Å²) in [6.45, 7) is 0.462. The van der Waals surface area contributed by atoms with Gasteiger partial charge in [0.15, 0.2) is 0 Å². The van der Waals surface area contributed by atoms with Gasteiger partial charge in [0.1, 0.15) is 11.6 Å². The number of halogens is 2. The van der Waals surface area contributed by atoms with Crippen molar-refractivity contribution in [2.24, 2.45) is 17.6 Å². The first-order chi connectivity index (χ1) is 8.61. The molecule has 0 saturated heterocycles. The summed E-state index contributed by atoms with van der Waals surface area (Å²) in [5.41, 5.74) is 5.62. The van der Waals surface area contributed by atoms with Crippen LogP contribution in [0.4, 0.5) is 14.5 Å². The Balaban J connectivity index is 2.07. The van der Waals surface area contributed by atoms with Crippen LogP contribution in [-0.2, 0) is 4.79 Å². The van der Waals surface area contributed by atoms with Crippen molar-refractivity contribution < 1.29 is 13.6 Å². The van der Waals surface area contributed by atoms with Crippen LogP contribution in [0.1, 0.15) is 19.3 Å². The molecule has 0 aliphatic heterocycles. The third kappa shape index (κ3) is 2.67. The number of hydrogen-bond acceptors (Lipinski definition) is 2. The Kier molecular flexibility index (Phi) is 3.91. The molecule has 1 fully saturated rings. The van der Waals surface area contributed by atoms with Crippen molar-refractivity contribution in [3.63, 3.8) is 0 Å². The molecule has 1 saturated carbocycles. The molecule has 98 valence electrons. The van der Waals surface area contributed by atoms with Gasteiger partial charge in [0, 0.05) is 12.0 Å². The average Bonchev–Trinajstić information content (AvgIpc) is 2.81. The number of anilines is 1. The van der Waals surface area contributed by atoms with E-state index in [4.69, 9.17) is 5.73 Å². The third-order valence-corrected chi connectivity index (χ3v) is 3.49. The molecule has 0 aromatic heterocycles. The van der Waals surface area contributed by atoms with E-state index in [9.17, 15) is 13.6 Å². The normalized spacial score (nSPS) is 23.1. The molecule has 1 aromatic carbocycles. The van der Waals surface area contributed by atoms with Crippen molar-refractivity contribution in [2.75, 3.05) is 11.9 Å². The van der Waals surface area contributed by atoms with Crippen LogP contribution in [-0.4, -0.2) is 12.5 Å². The van der Waals surface area contributed by atoms with E-state index in [2.05, 4.69) is 5.32 Å². The van der Waals surface area contributed by atoms with Crippen LogP contribution in [0.2, 0.25) is 0 Å². The zero-order valence-corrected chi connectivity index (χ0v) is 9.96. The van der Waals surface area contributed by atoms with Crippen molar-refractivity contribution in [1.29, 1.82) is 0 Å². The molecular weight excluding hydrogens is 238 g/mol. The minimum Gasteiger partial charge on any atom is -0.330 e. The van der Waals surface area contributed by atoms with E-state index in [0.717, 1.165) is 31.4 Å². The number of carbonyl (C=O) groups is 1. The van der Waals surface area contributed by atoms with Gasteiger partial charge in [-0.3, -0.25) is 4.79 Å². The topological polar surface area (TPSA) is 55.1 Å². The molecule has 1 aromatic rings. The maximum Gasteiger partial charge on any atom is 0.227 e. The van der Waals surface area contributed by atoms with Gasteiger partial charge in [-0.1, -0.05) is 6.42 Å². The number of benzene rings is 1. The fourth-order valence-corrected chi connectivity index (χ4v) is 2.48. The van der Waals surface area contributed by atoms with Crippen molar-refractivity contribution in [3.8, 4) is 0 Å². The molecule has 5 heteroatoms. The first kappa shape index (κ1) is 13.0. The van der Waals surface area contributed by atoms with Gasteiger partial charge in [-0.25, -0.2) is 8.78 Å². The summed E-state index contributed by atoms with van der Waals surface area (Å²) in [7, 11) is 0. The van der Waals surface area contributed by atoms with E-state index in [1.165, 1.54) is 6.07 Å². The highest BCUT2D eigenvalue weighted by molar-refractivity contribution is 5.93. The fraction of sp³-hybridized carbons (Fsp3) is 0.462. The number of nitrogens with two attached hydrogens (primary N) is 1. The molecule has 0 radical (unpaired) electrons. The largest absolute Gasteiger partial charge is 0.330 e. The lowest BCUT2D eigenvalue weighted by Gasteiger charge is -2.17. The van der Waals surface area contributed by atoms with Crippen molar-refractivity contribution in [2.45, 2.75) is 19.3 Å². The van der Waals surface area contributed by atoms with E-state index >= 15 is 0 Å². The lowest BCUT2D eigenvalue weighted by atomic mass is 9.95. The van der Waals surface area contributed by atoms with E-state index in [1.54, 1.807) is 0 Å². The van der Waals surface area contributed by atoms with Gasteiger partial charge in [-0.05, 0) is 37.4 Å². The van der Waals surface area contributed by atoms with Gasteiger partial charge in [0.25, 0.3) is 0 Å². The molecule has 1 amide bonds. The lowest BCUT2D eigenvalue weighted by Crippen LogP contribution is -2.30. The quantitative estimate of drug-likeness (QED) is 0.869. The number of nitrogens with one attached hydrogen (secondary N) is 1. The van der Waals surface area contributed by atoms with Gasteiger partial charge in [0.05, 0.1) is 5.69 Å². The van der Waals surface area contributed by atoms with E-state index in [1.807, 2.05) is 0 Å². The zero-order chi connectivity index (χ0) is 13.1. The van der Waals surface area contributed by atoms with Crippen LogP contribution >= 0.6 is 0 Å². The zero-order valence-electron chi connectivity index (χ0n) is 9.96. The summed E-state index contributed by atoms with van der Waals surface area (Å²) in [6.07, 6.45) is 2.67. The van der Waals surface area contributed by atoms with Crippen molar-refractivity contribution in [3.05, 3.63) is 29.8 Å². The molecule has 0 bridgehead atoms. The Morgan fingerprint density at radius 3 is 2.83 bits per heavy atom. The molecule has 1 aliphatic carbocycles. The van der Waals surface area contributed by atoms with Crippen LogP contribution in [0, 0.1) is 23.5 Å². The minimum atomic E-state index is -0.759. The van der Waals surface area contributed by atoms with E-state index in [-0.39, 0.29) is 23.4 Å². The number of carbonyl (C=O) groups excluding carboxylic acids is 1. The smallest absolute Gasteiger partial charge is 0.227 e. The Labute approximate surface area is 104 Å². The van der Waals surface area contributed by atoms with E-state index in [0.29, 0.717) is 6.54 Å². The number of amides is 1. The highest BCUT2D eigenvalue weighted by atomic mass is 19.1. The summed E-state index contributed by atoms with van der Waals surface area (Å²) in [4.78, 5) is 12.0. The Bertz CT molecular complexity index is 451. The molecule has 0 heterocycles. The monoisotopic (exact) mass is 254 g/mol. The van der Waals surface area contributed by atoms with E-state index < -0.39 is 11.6 Å². The SMILES string of the molecule is NC[C@H]1CCC[C@H]1C(=O)Nc1ccc(F)cc1F. The fourth-order valence-electron chi connectivity index (χ4n) is 2.48. The van der Waals surface area contributed by atoms with Crippen LogP contribution in [0.15, 0.2) is 18.2 Å². The molecule has 1 aliphatic rings. The third-order valence-electron chi connectivity index (χ3n) is 3.49. The number of hydrogen-bond donors (Lipinski definition) is 2. The second-order valence-corrected chi connectivity index (χ2v) is 4.65. The predicted octanol–water partition coefficient (Wildman–Crippen LogP) is 2.28. The summed E-state index contributed by atoms with van der Waals surface area (Å²) in [6, 6.07) is 3.10. The van der Waals surface area contributed by atoms with Crippen molar-refractivity contribution in [1.82, 2.24) is 0 Å². The van der Waals surface area contributed by atoms with Crippen LogP contribution in [0.5, 0.6) is 0 Å². The molecule has 18 heavy (non-hydrogen) atoms. The summed E-state index contributed by atoms with van der Waals surface area (Å²) < 4.78 is 26.1. The molecule has 3 nitrogen and oxygen atoms in total. The summed E-state index contributed by atoms with van der Waals surface area (Å²) in [5, 5.41) is 2.51. The van der Waals surface area contributed by atoms with Gasteiger partial charge >= 0.3 is 0 Å². The Morgan fingerprint density at radius 2 is 2.17 bits per heavy atom. The van der Waals surface area contributed by atoms with Gasteiger partial charge < -0.3 is 11.1 Å². The van der Waals surface area contributed by atoms with Gasteiger partial charge in [0.2, 0.25) is 5.91 Å². The summed E-state index contributed by atoms with van der Waals surface area (Å²) in [5.74, 6) is -1.65. The predicted molar refractivity (Wildman–Crippen MR) is 64.9 cm³/mol. The van der Waals surface area contributed by atoms with Gasteiger partial charge in [-0.15, -0.1) is 0 Å². The van der Waals surface area contributed by atoms with Crippen molar-refractivity contribution >= 4 is 11.6 Å². The molecule has 3 N–H and O–H groups in total. The Morgan fingerprint density at radius 1 is 1.39 bits per heavy atom. The average molecular weight is 254 g/mol. The maximum atomic E-state index is 13.4. The lowest BCUT2D eigenvalue weighted by molar-refractivity contribution is -0.120. The molecule has 0 unspecified atom stereocenters. The minimum absolute atomic E-state index is 0.0177. The first-order valence-corrected chi connectivity index (χ1v) is 6.08. The highest BCUT2D eigenvalue weighted by Gasteiger charge is 2.32. The highest BCUT2D eigenvalue weighted by Crippen LogP contribution is 2.32. The molecule has 2 rings (SSSR count). The van der Waals surface area contributed by atoms with Gasteiger partial charge in [-0.2, -0.15) is 0 Å². The maximum absolute atomic E-state index is 13.4. The summed E-state index contributed by atoms with van der Waals surface area (Å²) >= 11 is 0. The molecule has 2 atom stereocenters. The number of rotatable bonds is 3. The first-order valence-electron chi connectivity index (χ1n) is 6.08. The Hall–Kier alpha value is -1.49. The van der Waals surface area contributed by atoms with Crippen LogP contribution in [0.25, 0.3) is 0 Å². The standard InChI is InChI=1S/C13H16F2N2O/c14-9-4-5-12(11(15)6-9)17-13(18)10-3-1-2-8(10)7-16/h4-6,8,10H,1-3,7,16H2,(H,17,18)/t8-,10-/m1/s1. The van der Waals surface area contributed by atoms with Crippen LogP contribution in [0.3, 0.4) is 0 Å². The van der Waals surface area contributed by atoms with Crippen LogP contribution < -0.4 is 11.1 Å². The molecular formula is C13H16F2N2O. The second-order valence-electron chi connectivity index (χ2n) is 4.65. The molecule has 0 spiro atoms.